The van der Waals surface area contributed by atoms with Gasteiger partial charge in [-0.05, 0) is 38.8 Å². The molecule has 0 spiro atoms. The molecule has 24 heavy (non-hydrogen) atoms. The molecule has 1 aliphatic heterocycles. The standard InChI is InChI=1S/C17H20F3NO3/c1-9-5-14(21(16(22)23)17(2,3)4)15(24-8-9)10-6-12(19)13(20)7-11(10)18/h6-7,14-15H,1,5,8H2,2-4H3,(H,22,23). The zero-order valence-corrected chi connectivity index (χ0v) is 13.8. The molecule has 4 nitrogen and oxygen atoms in total. The molecule has 0 aromatic heterocycles. The van der Waals surface area contributed by atoms with Crippen molar-refractivity contribution in [3.05, 3.63) is 47.3 Å². The molecule has 1 aromatic carbocycles. The van der Waals surface area contributed by atoms with Crippen molar-refractivity contribution in [2.45, 2.75) is 44.9 Å². The van der Waals surface area contributed by atoms with Crippen LogP contribution in [0.4, 0.5) is 18.0 Å². The predicted molar refractivity (Wildman–Crippen MR) is 82.2 cm³/mol. The fraction of sp³-hybridized carbons (Fsp3) is 0.471. The number of nitrogens with zero attached hydrogens (tertiary/aromatic N) is 1. The first kappa shape index (κ1) is 18.3. The Morgan fingerprint density at radius 1 is 1.25 bits per heavy atom. The van der Waals surface area contributed by atoms with Gasteiger partial charge in [0.1, 0.15) is 11.9 Å². The van der Waals surface area contributed by atoms with E-state index in [1.165, 1.54) is 0 Å². The normalized spacial score (nSPS) is 21.7. The van der Waals surface area contributed by atoms with E-state index in [4.69, 9.17) is 4.74 Å². The van der Waals surface area contributed by atoms with Crippen LogP contribution in [0.25, 0.3) is 0 Å². The SMILES string of the molecule is C=C1COC(c2cc(F)c(F)cc2F)C(N(C(=O)O)C(C)(C)C)C1. The van der Waals surface area contributed by atoms with Crippen molar-refractivity contribution in [2.75, 3.05) is 6.61 Å². The van der Waals surface area contributed by atoms with Crippen molar-refractivity contribution in [3.63, 3.8) is 0 Å². The first-order valence-corrected chi connectivity index (χ1v) is 7.47. The van der Waals surface area contributed by atoms with Crippen LogP contribution in [0.15, 0.2) is 24.3 Å². The number of ether oxygens (including phenoxy) is 1. The third kappa shape index (κ3) is 3.56. The summed E-state index contributed by atoms with van der Waals surface area (Å²) in [7, 11) is 0. The largest absolute Gasteiger partial charge is 0.465 e. The summed E-state index contributed by atoms with van der Waals surface area (Å²) < 4.78 is 46.5. The molecule has 0 aliphatic carbocycles. The van der Waals surface area contributed by atoms with Crippen molar-refractivity contribution in [1.29, 1.82) is 0 Å². The van der Waals surface area contributed by atoms with Crippen molar-refractivity contribution >= 4 is 6.09 Å². The van der Waals surface area contributed by atoms with Gasteiger partial charge in [0.15, 0.2) is 11.6 Å². The molecule has 0 radical (unpaired) electrons. The smallest absolute Gasteiger partial charge is 0.408 e. The van der Waals surface area contributed by atoms with Crippen LogP contribution in [0.5, 0.6) is 0 Å². The second-order valence-electron chi connectivity index (χ2n) is 6.86. The van der Waals surface area contributed by atoms with E-state index < -0.39 is 41.2 Å². The lowest BCUT2D eigenvalue weighted by Gasteiger charge is -2.45. The molecule has 1 aromatic rings. The zero-order valence-electron chi connectivity index (χ0n) is 13.8. The van der Waals surface area contributed by atoms with Gasteiger partial charge in [-0.25, -0.2) is 18.0 Å². The summed E-state index contributed by atoms with van der Waals surface area (Å²) in [6.45, 7) is 8.97. The molecular weight excluding hydrogens is 323 g/mol. The van der Waals surface area contributed by atoms with E-state index in [2.05, 4.69) is 6.58 Å². The van der Waals surface area contributed by atoms with E-state index in [0.29, 0.717) is 11.6 Å². The Hall–Kier alpha value is -2.02. The molecule has 0 bridgehead atoms. The average molecular weight is 343 g/mol. The van der Waals surface area contributed by atoms with Crippen LogP contribution in [0, 0.1) is 17.5 Å². The number of carbonyl (C=O) groups is 1. The van der Waals surface area contributed by atoms with E-state index in [1.807, 2.05) is 0 Å². The lowest BCUT2D eigenvalue weighted by Crippen LogP contribution is -2.55. The highest BCUT2D eigenvalue weighted by molar-refractivity contribution is 5.67. The van der Waals surface area contributed by atoms with Gasteiger partial charge in [-0.2, -0.15) is 0 Å². The van der Waals surface area contributed by atoms with Gasteiger partial charge in [0.05, 0.1) is 12.6 Å². The number of benzene rings is 1. The van der Waals surface area contributed by atoms with Gasteiger partial charge < -0.3 is 9.84 Å². The van der Waals surface area contributed by atoms with Crippen molar-refractivity contribution in [1.82, 2.24) is 4.90 Å². The molecule has 7 heteroatoms. The van der Waals surface area contributed by atoms with Crippen LogP contribution < -0.4 is 0 Å². The predicted octanol–water partition coefficient (Wildman–Crippen LogP) is 4.27. The Balaban J connectivity index is 2.52. The van der Waals surface area contributed by atoms with Crippen LogP contribution in [0.1, 0.15) is 38.9 Å². The number of carboxylic acid groups (broad SMARTS) is 1. The Bertz CT molecular complexity index is 670. The van der Waals surface area contributed by atoms with Gasteiger partial charge >= 0.3 is 6.09 Å². The molecule has 1 aliphatic rings. The maximum Gasteiger partial charge on any atom is 0.408 e. The lowest BCUT2D eigenvalue weighted by atomic mass is 9.89. The second kappa shape index (κ2) is 6.47. The summed E-state index contributed by atoms with van der Waals surface area (Å²) in [6, 6.07) is 0.360. The molecule has 1 fully saturated rings. The van der Waals surface area contributed by atoms with E-state index in [0.717, 1.165) is 11.0 Å². The van der Waals surface area contributed by atoms with Gasteiger partial charge in [0.25, 0.3) is 0 Å². The maximum atomic E-state index is 14.2. The molecule has 1 heterocycles. The number of rotatable bonds is 2. The molecule has 2 rings (SSSR count). The van der Waals surface area contributed by atoms with Crippen molar-refractivity contribution in [2.24, 2.45) is 0 Å². The summed E-state index contributed by atoms with van der Waals surface area (Å²) in [6.07, 6.45) is -2.02. The molecule has 1 amide bonds. The lowest BCUT2D eigenvalue weighted by molar-refractivity contribution is -0.0494. The van der Waals surface area contributed by atoms with Crippen LogP contribution in [-0.4, -0.2) is 34.3 Å². The highest BCUT2D eigenvalue weighted by Crippen LogP contribution is 2.38. The highest BCUT2D eigenvalue weighted by atomic mass is 19.2. The maximum absolute atomic E-state index is 14.2. The van der Waals surface area contributed by atoms with Crippen LogP contribution in [-0.2, 0) is 4.74 Å². The monoisotopic (exact) mass is 343 g/mol. The number of halogens is 3. The van der Waals surface area contributed by atoms with Gasteiger partial charge in [-0.1, -0.05) is 6.58 Å². The second-order valence-corrected chi connectivity index (χ2v) is 6.86. The molecule has 2 atom stereocenters. The molecule has 1 N–H and O–H groups in total. The Morgan fingerprint density at radius 2 is 1.83 bits per heavy atom. The summed E-state index contributed by atoms with van der Waals surface area (Å²) in [5.74, 6) is -3.50. The molecule has 132 valence electrons. The Labute approximate surface area is 138 Å². The first-order valence-electron chi connectivity index (χ1n) is 7.47. The third-order valence-electron chi connectivity index (χ3n) is 3.92. The molecule has 2 unspecified atom stereocenters. The van der Waals surface area contributed by atoms with Crippen LogP contribution >= 0.6 is 0 Å². The Morgan fingerprint density at radius 3 is 2.38 bits per heavy atom. The summed E-state index contributed by atoms with van der Waals surface area (Å²) in [4.78, 5) is 12.9. The summed E-state index contributed by atoms with van der Waals surface area (Å²) in [5, 5.41) is 9.59. The van der Waals surface area contributed by atoms with Gasteiger partial charge in [0, 0.05) is 17.2 Å². The van der Waals surface area contributed by atoms with E-state index in [-0.39, 0.29) is 18.6 Å². The fourth-order valence-corrected chi connectivity index (χ4v) is 2.99. The third-order valence-corrected chi connectivity index (χ3v) is 3.92. The van der Waals surface area contributed by atoms with E-state index in [1.54, 1.807) is 20.8 Å². The van der Waals surface area contributed by atoms with E-state index in [9.17, 15) is 23.1 Å². The summed E-state index contributed by atoms with van der Waals surface area (Å²) in [5.41, 5.74) is -0.359. The highest BCUT2D eigenvalue weighted by Gasteiger charge is 2.42. The van der Waals surface area contributed by atoms with Crippen molar-refractivity contribution in [3.8, 4) is 0 Å². The minimum atomic E-state index is -1.31. The number of hydrogen-bond donors (Lipinski definition) is 1. The van der Waals surface area contributed by atoms with Crippen LogP contribution in [0.3, 0.4) is 0 Å². The quantitative estimate of drug-likeness (QED) is 0.644. The minimum absolute atomic E-state index is 0.0944. The van der Waals surface area contributed by atoms with Gasteiger partial charge in [0.2, 0.25) is 0 Å². The molecule has 0 saturated carbocycles. The van der Waals surface area contributed by atoms with Gasteiger partial charge in [-0.3, -0.25) is 4.90 Å². The number of hydrogen-bond acceptors (Lipinski definition) is 2. The number of amides is 1. The summed E-state index contributed by atoms with van der Waals surface area (Å²) >= 11 is 0. The average Bonchev–Trinajstić information content (AvgIpc) is 2.41. The first-order chi connectivity index (χ1) is 11.0. The van der Waals surface area contributed by atoms with E-state index >= 15 is 0 Å². The topological polar surface area (TPSA) is 49.8 Å². The Kier molecular flexibility index (Phi) is 4.94. The minimum Gasteiger partial charge on any atom is -0.465 e. The van der Waals surface area contributed by atoms with Crippen molar-refractivity contribution < 1.29 is 27.8 Å². The molecule has 1 saturated heterocycles. The van der Waals surface area contributed by atoms with Crippen LogP contribution in [0.2, 0.25) is 0 Å². The van der Waals surface area contributed by atoms with Gasteiger partial charge in [-0.15, -0.1) is 0 Å². The zero-order chi connectivity index (χ0) is 18.2. The molecular formula is C17H20F3NO3. The fourth-order valence-electron chi connectivity index (χ4n) is 2.99.